The smallest absolute Gasteiger partial charge is 0.417 e. The molecule has 140 valence electrons. The zero-order valence-electron chi connectivity index (χ0n) is 14.2. The lowest BCUT2D eigenvalue weighted by atomic mass is 10.1. The molecule has 0 fully saturated rings. The highest BCUT2D eigenvalue weighted by Crippen LogP contribution is 2.31. The minimum absolute atomic E-state index is 0.0648. The number of ether oxygens (including phenoxy) is 1. The van der Waals surface area contributed by atoms with Crippen molar-refractivity contribution in [2.45, 2.75) is 12.7 Å². The van der Waals surface area contributed by atoms with E-state index in [0.29, 0.717) is 17.2 Å². The summed E-state index contributed by atoms with van der Waals surface area (Å²) in [5.74, 6) is 0.323. The van der Waals surface area contributed by atoms with E-state index in [1.807, 2.05) is 0 Å². The Morgan fingerprint density at radius 2 is 1.85 bits per heavy atom. The Labute approximate surface area is 152 Å². The van der Waals surface area contributed by atoms with Crippen LogP contribution in [0.2, 0.25) is 0 Å². The third-order valence-electron chi connectivity index (χ3n) is 3.84. The van der Waals surface area contributed by atoms with E-state index >= 15 is 0 Å². The molecule has 0 spiro atoms. The van der Waals surface area contributed by atoms with E-state index in [0.717, 1.165) is 17.7 Å². The minimum Gasteiger partial charge on any atom is -0.497 e. The number of hydrogen-bond acceptors (Lipinski definition) is 4. The first-order valence-electron chi connectivity index (χ1n) is 7.93. The maximum absolute atomic E-state index is 13.0. The van der Waals surface area contributed by atoms with E-state index in [2.05, 4.69) is 10.5 Å². The van der Waals surface area contributed by atoms with Crippen LogP contribution in [0.25, 0.3) is 11.3 Å². The molecule has 1 amide bonds. The molecule has 8 heteroatoms. The number of carbonyl (C=O) groups excluding carboxylic acids is 1. The van der Waals surface area contributed by atoms with Crippen LogP contribution >= 0.6 is 0 Å². The number of nitrogens with zero attached hydrogens (tertiary/aromatic N) is 1. The minimum atomic E-state index is -4.61. The Morgan fingerprint density at radius 1 is 1.15 bits per heavy atom. The molecule has 3 aromatic rings. The van der Waals surface area contributed by atoms with Crippen molar-refractivity contribution in [1.29, 1.82) is 0 Å². The summed E-state index contributed by atoms with van der Waals surface area (Å²) >= 11 is 0. The van der Waals surface area contributed by atoms with Gasteiger partial charge in [-0.05, 0) is 36.4 Å². The van der Waals surface area contributed by atoms with Crippen molar-refractivity contribution >= 4 is 5.91 Å². The summed E-state index contributed by atoms with van der Waals surface area (Å²) in [5.41, 5.74) is -0.285. The highest BCUT2D eigenvalue weighted by atomic mass is 19.4. The third kappa shape index (κ3) is 4.28. The van der Waals surface area contributed by atoms with Crippen molar-refractivity contribution in [3.63, 3.8) is 0 Å². The van der Waals surface area contributed by atoms with Crippen molar-refractivity contribution in [3.05, 3.63) is 71.4 Å². The van der Waals surface area contributed by atoms with Crippen molar-refractivity contribution in [3.8, 4) is 17.1 Å². The fraction of sp³-hybridized carbons (Fsp3) is 0.158. The van der Waals surface area contributed by atoms with Crippen LogP contribution in [0.1, 0.15) is 21.6 Å². The van der Waals surface area contributed by atoms with Gasteiger partial charge in [-0.15, -0.1) is 0 Å². The molecule has 0 aliphatic carbocycles. The predicted octanol–water partition coefficient (Wildman–Crippen LogP) is 4.30. The van der Waals surface area contributed by atoms with Gasteiger partial charge in [-0.3, -0.25) is 4.79 Å². The van der Waals surface area contributed by atoms with E-state index in [-0.39, 0.29) is 6.54 Å². The first kappa shape index (κ1) is 18.5. The molecule has 0 aliphatic rings. The lowest BCUT2D eigenvalue weighted by Gasteiger charge is -2.12. The van der Waals surface area contributed by atoms with E-state index < -0.39 is 23.2 Å². The first-order valence-corrected chi connectivity index (χ1v) is 7.93. The van der Waals surface area contributed by atoms with Crippen molar-refractivity contribution < 1.29 is 27.2 Å². The van der Waals surface area contributed by atoms with E-state index in [1.54, 1.807) is 37.4 Å². The fourth-order valence-electron chi connectivity index (χ4n) is 2.48. The quantitative estimate of drug-likeness (QED) is 0.721. The Bertz CT molecular complexity index is 934. The van der Waals surface area contributed by atoms with Crippen molar-refractivity contribution in [2.75, 3.05) is 7.11 Å². The van der Waals surface area contributed by atoms with E-state index in [4.69, 9.17) is 9.26 Å². The number of benzene rings is 2. The van der Waals surface area contributed by atoms with E-state index in [1.165, 1.54) is 12.1 Å². The van der Waals surface area contributed by atoms with Crippen LogP contribution in [0.3, 0.4) is 0 Å². The average molecular weight is 376 g/mol. The van der Waals surface area contributed by atoms with Gasteiger partial charge in [0.05, 0.1) is 24.8 Å². The van der Waals surface area contributed by atoms with E-state index in [9.17, 15) is 18.0 Å². The van der Waals surface area contributed by atoms with Gasteiger partial charge < -0.3 is 14.6 Å². The van der Waals surface area contributed by atoms with Crippen LogP contribution in [0.15, 0.2) is 59.1 Å². The summed E-state index contributed by atoms with van der Waals surface area (Å²) in [5, 5.41) is 6.26. The summed E-state index contributed by atoms with van der Waals surface area (Å²) in [7, 11) is 1.56. The molecule has 0 saturated heterocycles. The van der Waals surface area contributed by atoms with Gasteiger partial charge in [0, 0.05) is 11.6 Å². The maximum atomic E-state index is 13.0. The van der Waals surface area contributed by atoms with Crippen molar-refractivity contribution in [1.82, 2.24) is 10.5 Å². The van der Waals surface area contributed by atoms with Crippen LogP contribution in [-0.4, -0.2) is 18.2 Å². The Kier molecular flexibility index (Phi) is 5.16. The number of amides is 1. The second-order valence-electron chi connectivity index (χ2n) is 5.64. The van der Waals surface area contributed by atoms with Gasteiger partial charge in [0.25, 0.3) is 5.91 Å². The Hall–Kier alpha value is -3.29. The molecule has 5 nitrogen and oxygen atoms in total. The van der Waals surface area contributed by atoms with Crippen LogP contribution in [0.5, 0.6) is 5.75 Å². The largest absolute Gasteiger partial charge is 0.497 e. The average Bonchev–Trinajstić information content (AvgIpc) is 3.14. The molecule has 0 saturated carbocycles. The molecule has 0 bridgehead atoms. The van der Waals surface area contributed by atoms with Crippen LogP contribution in [0.4, 0.5) is 13.2 Å². The van der Waals surface area contributed by atoms with Crippen LogP contribution in [-0.2, 0) is 12.7 Å². The molecule has 1 heterocycles. The molecule has 0 radical (unpaired) electrons. The number of hydrogen-bond donors (Lipinski definition) is 1. The molecule has 1 aromatic heterocycles. The van der Waals surface area contributed by atoms with Gasteiger partial charge >= 0.3 is 6.18 Å². The molecule has 27 heavy (non-hydrogen) atoms. The van der Waals surface area contributed by atoms with Crippen molar-refractivity contribution in [2.24, 2.45) is 0 Å². The summed E-state index contributed by atoms with van der Waals surface area (Å²) in [6, 6.07) is 13.3. The summed E-state index contributed by atoms with van der Waals surface area (Å²) in [6.45, 7) is -0.0648. The molecule has 1 N–H and O–H groups in total. The first-order chi connectivity index (χ1) is 12.9. The third-order valence-corrected chi connectivity index (χ3v) is 3.84. The molecular weight excluding hydrogens is 361 g/mol. The monoisotopic (exact) mass is 376 g/mol. The summed E-state index contributed by atoms with van der Waals surface area (Å²) in [4.78, 5) is 12.1. The van der Waals surface area contributed by atoms with Gasteiger partial charge in [0.1, 0.15) is 11.4 Å². The lowest BCUT2D eigenvalue weighted by Crippen LogP contribution is -2.26. The highest BCUT2D eigenvalue weighted by Gasteiger charge is 2.34. The molecule has 2 aromatic carbocycles. The molecule has 0 atom stereocenters. The fourth-order valence-corrected chi connectivity index (χ4v) is 2.48. The van der Waals surface area contributed by atoms with Crippen LogP contribution < -0.4 is 10.1 Å². The lowest BCUT2D eigenvalue weighted by molar-refractivity contribution is -0.137. The number of rotatable bonds is 5. The molecule has 3 rings (SSSR count). The van der Waals surface area contributed by atoms with Gasteiger partial charge in [-0.1, -0.05) is 17.3 Å². The number of halogens is 3. The van der Waals surface area contributed by atoms with Gasteiger partial charge in [-0.2, -0.15) is 13.2 Å². The number of methoxy groups -OCH3 is 1. The standard InChI is InChI=1S/C19H15F3N2O3/c1-26-14-8-6-12(7-9-14)17-10-13(24-27-17)11-23-18(25)15-4-2-3-5-16(15)19(20,21)22/h2-10H,11H2,1H3,(H,23,25). The number of aromatic nitrogens is 1. The van der Waals surface area contributed by atoms with Gasteiger partial charge in [0.2, 0.25) is 0 Å². The normalized spacial score (nSPS) is 11.3. The summed E-state index contributed by atoms with van der Waals surface area (Å²) in [6.07, 6.45) is -4.61. The van der Waals surface area contributed by atoms with Gasteiger partial charge in [-0.25, -0.2) is 0 Å². The number of alkyl halides is 3. The Morgan fingerprint density at radius 3 is 2.52 bits per heavy atom. The number of carbonyl (C=O) groups is 1. The predicted molar refractivity (Wildman–Crippen MR) is 91.1 cm³/mol. The molecule has 0 aliphatic heterocycles. The SMILES string of the molecule is COc1ccc(-c2cc(CNC(=O)c3ccccc3C(F)(F)F)no2)cc1. The summed E-state index contributed by atoms with van der Waals surface area (Å²) < 4.78 is 49.3. The highest BCUT2D eigenvalue weighted by molar-refractivity contribution is 5.95. The Balaban J connectivity index is 1.69. The zero-order valence-corrected chi connectivity index (χ0v) is 14.2. The van der Waals surface area contributed by atoms with Gasteiger partial charge in [0.15, 0.2) is 5.76 Å². The molecule has 0 unspecified atom stereocenters. The zero-order chi connectivity index (χ0) is 19.4. The second kappa shape index (κ2) is 7.53. The second-order valence-corrected chi connectivity index (χ2v) is 5.64. The maximum Gasteiger partial charge on any atom is 0.417 e. The number of nitrogens with one attached hydrogen (secondary N) is 1. The molecular formula is C19H15F3N2O3. The topological polar surface area (TPSA) is 64.4 Å². The van der Waals surface area contributed by atoms with Crippen LogP contribution in [0, 0.1) is 0 Å².